The van der Waals surface area contributed by atoms with Gasteiger partial charge in [-0.15, -0.1) is 0 Å². The molecular weight excluding hydrogens is 240 g/mol. The molecule has 2 rings (SSSR count). The van der Waals surface area contributed by atoms with Gasteiger partial charge in [0.1, 0.15) is 6.42 Å². The van der Waals surface area contributed by atoms with E-state index in [4.69, 9.17) is 0 Å². The van der Waals surface area contributed by atoms with Crippen LogP contribution in [-0.4, -0.2) is 28.5 Å². The molecule has 1 aliphatic carbocycles. The zero-order chi connectivity index (χ0) is 13.1. The number of hydrogen-bond acceptors (Lipinski definition) is 6. The molecule has 2 aliphatic rings. The largest absolute Gasteiger partial charge is 0.364 e. The van der Waals surface area contributed by atoms with E-state index in [1.807, 2.05) is 0 Å². The summed E-state index contributed by atoms with van der Waals surface area (Å²) in [5.41, 5.74) is -0.102. The van der Waals surface area contributed by atoms with E-state index in [2.05, 4.69) is 10.6 Å². The van der Waals surface area contributed by atoms with Crippen LogP contribution in [0.25, 0.3) is 0 Å². The molecule has 0 spiro atoms. The van der Waals surface area contributed by atoms with Gasteiger partial charge in [-0.05, 0) is 12.8 Å². The van der Waals surface area contributed by atoms with Gasteiger partial charge in [0.15, 0.2) is 5.82 Å². The second-order valence-corrected chi connectivity index (χ2v) is 4.73. The summed E-state index contributed by atoms with van der Waals surface area (Å²) in [5.74, 6) is 0.366. The maximum atomic E-state index is 11.0. The molecule has 0 aromatic rings. The van der Waals surface area contributed by atoms with Crippen LogP contribution in [0, 0.1) is 20.2 Å². The normalized spacial score (nSPS) is 24.8. The van der Waals surface area contributed by atoms with Crippen LogP contribution < -0.4 is 10.6 Å². The highest BCUT2D eigenvalue weighted by Crippen LogP contribution is 2.21. The Balaban J connectivity index is 2.10. The third-order valence-electron chi connectivity index (χ3n) is 3.45. The molecule has 8 heteroatoms. The highest BCUT2D eigenvalue weighted by atomic mass is 16.6. The lowest BCUT2D eigenvalue weighted by Gasteiger charge is -2.23. The Morgan fingerprint density at radius 1 is 1.22 bits per heavy atom. The van der Waals surface area contributed by atoms with E-state index in [0.29, 0.717) is 5.82 Å². The van der Waals surface area contributed by atoms with Crippen molar-refractivity contribution in [1.29, 1.82) is 0 Å². The predicted molar refractivity (Wildman–Crippen MR) is 62.8 cm³/mol. The van der Waals surface area contributed by atoms with Gasteiger partial charge < -0.3 is 10.6 Å². The molecule has 0 bridgehead atoms. The van der Waals surface area contributed by atoms with Crippen LogP contribution in [0.2, 0.25) is 0 Å². The first kappa shape index (κ1) is 12.6. The summed E-state index contributed by atoms with van der Waals surface area (Å²) in [6, 6.07) is -0.672. The van der Waals surface area contributed by atoms with Gasteiger partial charge >= 0.3 is 0 Å². The molecule has 1 heterocycles. The molecule has 1 saturated carbocycles. The number of nitro groups is 2. The first-order valence-corrected chi connectivity index (χ1v) is 6.09. The third-order valence-corrected chi connectivity index (χ3v) is 3.45. The van der Waals surface area contributed by atoms with Crippen molar-refractivity contribution >= 4 is 0 Å². The summed E-state index contributed by atoms with van der Waals surface area (Å²) in [5, 5.41) is 27.5. The highest BCUT2D eigenvalue weighted by molar-refractivity contribution is 5.10. The topological polar surface area (TPSA) is 110 Å². The van der Waals surface area contributed by atoms with Crippen molar-refractivity contribution in [2.75, 3.05) is 6.54 Å². The minimum absolute atomic E-state index is 0.102. The van der Waals surface area contributed by atoms with Gasteiger partial charge in [-0.2, -0.15) is 0 Å². The quantitative estimate of drug-likeness (QED) is 0.563. The van der Waals surface area contributed by atoms with Gasteiger partial charge in [0.05, 0.1) is 11.5 Å². The number of nitrogens with zero attached hydrogens (tertiary/aromatic N) is 2. The van der Waals surface area contributed by atoms with Crippen LogP contribution >= 0.6 is 0 Å². The molecule has 0 aromatic carbocycles. The Bertz CT molecular complexity index is 389. The average Bonchev–Trinajstić information content (AvgIpc) is 2.81. The Morgan fingerprint density at radius 2 is 1.89 bits per heavy atom. The molecule has 100 valence electrons. The van der Waals surface area contributed by atoms with E-state index in [-0.39, 0.29) is 24.7 Å². The second kappa shape index (κ2) is 5.19. The van der Waals surface area contributed by atoms with Gasteiger partial charge in [0.25, 0.3) is 5.70 Å². The fourth-order valence-electron chi connectivity index (χ4n) is 2.44. The van der Waals surface area contributed by atoms with Gasteiger partial charge in [-0.25, -0.2) is 0 Å². The highest BCUT2D eigenvalue weighted by Gasteiger charge is 2.36. The molecule has 0 amide bonds. The number of nitrogens with one attached hydrogen (secondary N) is 2. The Labute approximate surface area is 104 Å². The van der Waals surface area contributed by atoms with Crippen LogP contribution in [0.3, 0.4) is 0 Å². The third kappa shape index (κ3) is 2.69. The average molecular weight is 256 g/mol. The van der Waals surface area contributed by atoms with Crippen LogP contribution in [0.5, 0.6) is 0 Å². The van der Waals surface area contributed by atoms with Crippen molar-refractivity contribution < 1.29 is 9.85 Å². The smallest absolute Gasteiger partial charge is 0.292 e. The van der Waals surface area contributed by atoms with E-state index in [0.717, 1.165) is 25.7 Å². The van der Waals surface area contributed by atoms with Crippen LogP contribution in [0.4, 0.5) is 0 Å². The lowest BCUT2D eigenvalue weighted by Crippen LogP contribution is -2.45. The monoisotopic (exact) mass is 256 g/mol. The molecule has 18 heavy (non-hydrogen) atoms. The first-order chi connectivity index (χ1) is 8.58. The fourth-order valence-corrected chi connectivity index (χ4v) is 2.44. The minimum Gasteiger partial charge on any atom is -0.364 e. The van der Waals surface area contributed by atoms with Gasteiger partial charge in [0.2, 0.25) is 6.04 Å². The van der Waals surface area contributed by atoms with Crippen molar-refractivity contribution in [1.82, 2.24) is 10.6 Å². The summed E-state index contributed by atoms with van der Waals surface area (Å²) >= 11 is 0. The molecule has 2 N–H and O–H groups in total. The number of rotatable bonds is 4. The lowest BCUT2D eigenvalue weighted by molar-refractivity contribution is -0.529. The van der Waals surface area contributed by atoms with Gasteiger partial charge in [0, 0.05) is 11.0 Å². The Kier molecular flexibility index (Phi) is 3.63. The standard InChI is InChI=1S/C10H16N4O4/c15-13(16)8-5-9(14(17)18)10(11-6-8)12-7-3-1-2-4-7/h7-8,11-12H,1-6H2. The fraction of sp³-hybridized carbons (Fsp3) is 0.800. The Morgan fingerprint density at radius 3 is 2.44 bits per heavy atom. The van der Waals surface area contributed by atoms with E-state index in [9.17, 15) is 20.2 Å². The first-order valence-electron chi connectivity index (χ1n) is 6.09. The second-order valence-electron chi connectivity index (χ2n) is 4.73. The summed E-state index contributed by atoms with van der Waals surface area (Å²) in [7, 11) is 0. The molecule has 8 nitrogen and oxygen atoms in total. The summed E-state index contributed by atoms with van der Waals surface area (Å²) < 4.78 is 0. The molecule has 0 aromatic heterocycles. The molecule has 0 radical (unpaired) electrons. The lowest BCUT2D eigenvalue weighted by atomic mass is 10.1. The van der Waals surface area contributed by atoms with E-state index in [1.165, 1.54) is 0 Å². The SMILES string of the molecule is O=[N+]([O-])C1=C(NC2CCCC2)NCC([N+](=O)[O-])C1. The van der Waals surface area contributed by atoms with Crippen molar-refractivity contribution in [3.05, 3.63) is 31.7 Å². The van der Waals surface area contributed by atoms with Crippen LogP contribution in [0.1, 0.15) is 32.1 Å². The zero-order valence-electron chi connectivity index (χ0n) is 9.92. The van der Waals surface area contributed by atoms with E-state index >= 15 is 0 Å². The van der Waals surface area contributed by atoms with E-state index in [1.54, 1.807) is 0 Å². The molecular formula is C10H16N4O4. The molecule has 1 atom stereocenters. The molecule has 1 unspecified atom stereocenters. The molecule has 0 saturated heterocycles. The van der Waals surface area contributed by atoms with Crippen molar-refractivity contribution in [3.63, 3.8) is 0 Å². The van der Waals surface area contributed by atoms with Crippen molar-refractivity contribution in [3.8, 4) is 0 Å². The maximum absolute atomic E-state index is 11.0. The van der Waals surface area contributed by atoms with Gasteiger partial charge in [-0.3, -0.25) is 20.2 Å². The summed E-state index contributed by atoms with van der Waals surface area (Å²) in [6.07, 6.45) is 4.11. The number of hydrogen-bond donors (Lipinski definition) is 2. The Hall–Kier alpha value is -1.86. The van der Waals surface area contributed by atoms with Gasteiger partial charge in [-0.1, -0.05) is 12.8 Å². The minimum atomic E-state index is -0.917. The maximum Gasteiger partial charge on any atom is 0.292 e. The predicted octanol–water partition coefficient (Wildman–Crippen LogP) is 0.603. The summed E-state index contributed by atoms with van der Waals surface area (Å²) in [4.78, 5) is 20.6. The zero-order valence-corrected chi connectivity index (χ0v) is 9.92. The molecule has 1 fully saturated rings. The van der Waals surface area contributed by atoms with Crippen molar-refractivity contribution in [2.24, 2.45) is 0 Å². The van der Waals surface area contributed by atoms with E-state index < -0.39 is 15.9 Å². The van der Waals surface area contributed by atoms with Crippen molar-refractivity contribution in [2.45, 2.75) is 44.2 Å². The van der Waals surface area contributed by atoms with Crippen LogP contribution in [-0.2, 0) is 0 Å². The van der Waals surface area contributed by atoms with Crippen LogP contribution in [0.15, 0.2) is 11.5 Å². The summed E-state index contributed by atoms with van der Waals surface area (Å²) in [6.45, 7) is 0.138. The molecule has 1 aliphatic heterocycles.